The number of hydrogen-bond donors (Lipinski definition) is 2. The van der Waals surface area contributed by atoms with Crippen LogP contribution < -0.4 is 10.1 Å². The highest BCUT2D eigenvalue weighted by Crippen LogP contribution is 2.34. The Kier molecular flexibility index (Phi) is 5.60. The van der Waals surface area contributed by atoms with Gasteiger partial charge in [0.15, 0.2) is 0 Å². The highest BCUT2D eigenvalue weighted by atomic mass is 19.1. The summed E-state index contributed by atoms with van der Waals surface area (Å²) in [6.07, 6.45) is 3.57. The van der Waals surface area contributed by atoms with Gasteiger partial charge in [0.25, 0.3) is 0 Å². The summed E-state index contributed by atoms with van der Waals surface area (Å²) in [4.78, 5) is 17.0. The molecule has 2 N–H and O–H groups in total. The number of rotatable bonds is 5. The molecule has 4 aromatic rings. The zero-order valence-corrected chi connectivity index (χ0v) is 17.2. The van der Waals surface area contributed by atoms with E-state index in [-0.39, 0.29) is 17.6 Å². The number of aromatic nitrogens is 4. The lowest BCUT2D eigenvalue weighted by molar-refractivity contribution is 0.441. The second-order valence-corrected chi connectivity index (χ2v) is 7.66. The van der Waals surface area contributed by atoms with Crippen molar-refractivity contribution in [2.24, 2.45) is 0 Å². The van der Waals surface area contributed by atoms with Crippen molar-refractivity contribution in [1.82, 2.24) is 25.3 Å². The zero-order valence-electron chi connectivity index (χ0n) is 17.2. The van der Waals surface area contributed by atoms with E-state index in [1.807, 2.05) is 0 Å². The monoisotopic (exact) mass is 433 g/mol. The maximum atomic E-state index is 13.5. The summed E-state index contributed by atoms with van der Waals surface area (Å²) in [5.74, 6) is 0.976. The van der Waals surface area contributed by atoms with E-state index in [2.05, 4.69) is 20.3 Å². The summed E-state index contributed by atoms with van der Waals surface area (Å²) in [6, 6.07) is 13.8. The Labute approximate surface area is 183 Å². The first-order valence-corrected chi connectivity index (χ1v) is 10.5. The number of nitrogens with zero attached hydrogens (tertiary/aromatic N) is 3. The van der Waals surface area contributed by atoms with Crippen molar-refractivity contribution >= 4 is 0 Å². The number of ether oxygens (including phenoxy) is 1. The third-order valence-corrected chi connectivity index (χ3v) is 5.48. The molecule has 1 fully saturated rings. The van der Waals surface area contributed by atoms with Crippen LogP contribution in [0, 0.1) is 11.6 Å². The van der Waals surface area contributed by atoms with Gasteiger partial charge in [-0.15, -0.1) is 0 Å². The quantitative estimate of drug-likeness (QED) is 0.460. The first-order valence-electron chi connectivity index (χ1n) is 10.5. The summed E-state index contributed by atoms with van der Waals surface area (Å²) in [7, 11) is 0. The number of hydrogen-bond acceptors (Lipinski definition) is 5. The Balaban J connectivity index is 1.53. The number of imidazole rings is 1. The Hall–Kier alpha value is -3.65. The summed E-state index contributed by atoms with van der Waals surface area (Å²) in [5, 5.41) is 3.37. The fraction of sp³-hybridized carbons (Fsp3) is 0.208. The molecule has 1 saturated heterocycles. The predicted molar refractivity (Wildman–Crippen MR) is 116 cm³/mol. The average molecular weight is 433 g/mol. The van der Waals surface area contributed by atoms with Gasteiger partial charge in [0, 0.05) is 17.7 Å². The maximum absolute atomic E-state index is 13.5. The van der Waals surface area contributed by atoms with Crippen molar-refractivity contribution in [1.29, 1.82) is 0 Å². The second kappa shape index (κ2) is 8.84. The Bertz CT molecular complexity index is 1200. The zero-order chi connectivity index (χ0) is 21.9. The van der Waals surface area contributed by atoms with Gasteiger partial charge in [0.1, 0.15) is 23.2 Å². The minimum Gasteiger partial charge on any atom is -0.424 e. The minimum atomic E-state index is -0.348. The highest BCUT2D eigenvalue weighted by molar-refractivity contribution is 5.76. The summed E-state index contributed by atoms with van der Waals surface area (Å²) < 4.78 is 32.4. The first kappa shape index (κ1) is 20.3. The molecule has 0 aliphatic carbocycles. The van der Waals surface area contributed by atoms with Crippen molar-refractivity contribution in [2.75, 3.05) is 13.1 Å². The van der Waals surface area contributed by atoms with Gasteiger partial charge in [0.2, 0.25) is 0 Å². The van der Waals surface area contributed by atoms with Crippen LogP contribution in [0.4, 0.5) is 8.78 Å². The van der Waals surface area contributed by atoms with Crippen molar-refractivity contribution in [3.05, 3.63) is 78.3 Å². The molecule has 0 unspecified atom stereocenters. The molecule has 162 valence electrons. The molecular formula is C24H21F2N5O. The van der Waals surface area contributed by atoms with E-state index in [0.29, 0.717) is 23.1 Å². The van der Waals surface area contributed by atoms with E-state index in [1.165, 1.54) is 36.4 Å². The van der Waals surface area contributed by atoms with Gasteiger partial charge in [-0.2, -0.15) is 4.98 Å². The third-order valence-electron chi connectivity index (χ3n) is 5.48. The lowest BCUT2D eigenvalue weighted by atomic mass is 9.98. The number of piperidine rings is 1. The largest absolute Gasteiger partial charge is 0.424 e. The van der Waals surface area contributed by atoms with Crippen LogP contribution >= 0.6 is 0 Å². The van der Waals surface area contributed by atoms with Gasteiger partial charge < -0.3 is 15.0 Å². The van der Waals surface area contributed by atoms with Crippen molar-refractivity contribution in [2.45, 2.75) is 18.8 Å². The van der Waals surface area contributed by atoms with Crippen LogP contribution in [-0.2, 0) is 0 Å². The normalized spacial score (nSPS) is 14.4. The Morgan fingerprint density at radius 1 is 0.844 bits per heavy atom. The average Bonchev–Trinajstić information content (AvgIpc) is 3.27. The van der Waals surface area contributed by atoms with Crippen LogP contribution in [-0.4, -0.2) is 33.0 Å². The molecule has 5 rings (SSSR count). The van der Waals surface area contributed by atoms with Crippen molar-refractivity contribution < 1.29 is 13.5 Å². The van der Waals surface area contributed by atoms with E-state index < -0.39 is 0 Å². The second-order valence-electron chi connectivity index (χ2n) is 7.66. The van der Waals surface area contributed by atoms with Crippen LogP contribution in [0.3, 0.4) is 0 Å². The number of nitrogens with one attached hydrogen (secondary N) is 2. The number of H-pyrrole nitrogens is 1. The fourth-order valence-corrected chi connectivity index (χ4v) is 3.82. The summed E-state index contributed by atoms with van der Waals surface area (Å²) >= 11 is 0. The molecule has 1 aliphatic heterocycles. The SMILES string of the molecule is Fc1ccc(Oc2nccc(-c3[nH]c(C4CCNCC4)nc3-c3ccc(F)cc3)n2)cc1. The number of aromatic amines is 1. The molecule has 3 heterocycles. The van der Waals surface area contributed by atoms with E-state index in [1.54, 1.807) is 24.4 Å². The molecule has 0 saturated carbocycles. The molecular weight excluding hydrogens is 412 g/mol. The van der Waals surface area contributed by atoms with Gasteiger partial charge in [-0.25, -0.2) is 18.7 Å². The molecule has 2 aromatic carbocycles. The molecule has 0 spiro atoms. The summed E-state index contributed by atoms with van der Waals surface area (Å²) in [6.45, 7) is 1.88. The molecule has 2 aromatic heterocycles. The molecule has 8 heteroatoms. The van der Waals surface area contributed by atoms with E-state index in [0.717, 1.165) is 43.0 Å². The molecule has 1 aliphatic rings. The smallest absolute Gasteiger partial charge is 0.322 e. The minimum absolute atomic E-state index is 0.136. The van der Waals surface area contributed by atoms with Crippen molar-refractivity contribution in [3.63, 3.8) is 0 Å². The lowest BCUT2D eigenvalue weighted by Gasteiger charge is -2.20. The van der Waals surface area contributed by atoms with Gasteiger partial charge in [0.05, 0.1) is 17.1 Å². The van der Waals surface area contributed by atoms with Crippen LogP contribution in [0.2, 0.25) is 0 Å². The van der Waals surface area contributed by atoms with Crippen LogP contribution in [0.1, 0.15) is 24.6 Å². The van der Waals surface area contributed by atoms with Gasteiger partial charge in [-0.3, -0.25) is 0 Å². The van der Waals surface area contributed by atoms with Crippen LogP contribution in [0.15, 0.2) is 60.8 Å². The van der Waals surface area contributed by atoms with Crippen LogP contribution in [0.25, 0.3) is 22.6 Å². The Morgan fingerprint density at radius 3 is 2.25 bits per heavy atom. The lowest BCUT2D eigenvalue weighted by Crippen LogP contribution is -2.27. The van der Waals surface area contributed by atoms with E-state index >= 15 is 0 Å². The molecule has 0 amide bonds. The van der Waals surface area contributed by atoms with Gasteiger partial charge in [-0.05, 0) is 80.5 Å². The fourth-order valence-electron chi connectivity index (χ4n) is 3.82. The summed E-state index contributed by atoms with van der Waals surface area (Å²) in [5.41, 5.74) is 2.81. The van der Waals surface area contributed by atoms with E-state index in [4.69, 9.17) is 9.72 Å². The van der Waals surface area contributed by atoms with Gasteiger partial charge in [-0.1, -0.05) is 0 Å². The van der Waals surface area contributed by atoms with Crippen LogP contribution in [0.5, 0.6) is 11.8 Å². The van der Waals surface area contributed by atoms with Crippen molar-refractivity contribution in [3.8, 4) is 34.4 Å². The number of benzene rings is 2. The molecule has 0 radical (unpaired) electrons. The topological polar surface area (TPSA) is 75.7 Å². The van der Waals surface area contributed by atoms with E-state index in [9.17, 15) is 8.78 Å². The standard InChI is InChI=1S/C24H21F2N5O/c25-17-3-1-15(2-4-17)21-22(31-23(30-21)16-9-12-27-13-10-16)20-11-14-28-24(29-20)32-19-7-5-18(26)6-8-19/h1-8,11,14,16,27H,9-10,12-13H2,(H,30,31). The Morgan fingerprint density at radius 2 is 1.53 bits per heavy atom. The molecule has 0 bridgehead atoms. The number of halogens is 2. The van der Waals surface area contributed by atoms with Gasteiger partial charge >= 0.3 is 6.01 Å². The molecule has 32 heavy (non-hydrogen) atoms. The highest BCUT2D eigenvalue weighted by Gasteiger charge is 2.23. The third kappa shape index (κ3) is 4.36. The maximum Gasteiger partial charge on any atom is 0.322 e. The molecule has 6 nitrogen and oxygen atoms in total. The predicted octanol–water partition coefficient (Wildman–Crippen LogP) is 5.07. The molecule has 0 atom stereocenters. The first-order chi connectivity index (χ1) is 15.7.